The van der Waals surface area contributed by atoms with Crippen molar-refractivity contribution in [2.24, 2.45) is 0 Å². The Hall–Kier alpha value is -2.86. The summed E-state index contributed by atoms with van der Waals surface area (Å²) in [7, 11) is -0.641. The third kappa shape index (κ3) is 6.75. The van der Waals surface area contributed by atoms with Crippen LogP contribution in [0.15, 0.2) is 36.4 Å². The lowest BCUT2D eigenvalue weighted by Gasteiger charge is -2.12. The van der Waals surface area contributed by atoms with E-state index in [4.69, 9.17) is 9.31 Å². The first kappa shape index (κ1) is 20.5. The Morgan fingerprint density at radius 1 is 0.630 bits per heavy atom. The minimum absolute atomic E-state index is 0.237. The van der Waals surface area contributed by atoms with Crippen molar-refractivity contribution in [3.8, 4) is 23.0 Å². The topological polar surface area (TPSA) is 36.9 Å². The lowest BCUT2D eigenvalue weighted by Crippen LogP contribution is -2.18. The maximum atomic E-state index is 13.5. The van der Waals surface area contributed by atoms with Crippen molar-refractivity contribution in [2.45, 2.75) is 12.7 Å². The standard InChI is InChI=1S/C14H7BF8O4/c16-9-5-7(1-3-11(9)24-13(18,19)20)26-15-27-8-2-4-12(10(17)6-8)25-14(21,22)23/h1-6,15H. The van der Waals surface area contributed by atoms with Gasteiger partial charge >= 0.3 is 20.4 Å². The molecule has 2 aromatic carbocycles. The second-order valence-corrected chi connectivity index (χ2v) is 4.69. The highest BCUT2D eigenvalue weighted by molar-refractivity contribution is 6.20. The predicted molar refractivity (Wildman–Crippen MR) is 74.6 cm³/mol. The maximum Gasteiger partial charge on any atom is 0.576 e. The summed E-state index contributed by atoms with van der Waals surface area (Å²) in [6.45, 7) is 0. The van der Waals surface area contributed by atoms with Crippen molar-refractivity contribution >= 4 is 7.69 Å². The minimum atomic E-state index is -5.07. The van der Waals surface area contributed by atoms with E-state index in [1.54, 1.807) is 0 Å². The molecule has 0 aliphatic carbocycles. The van der Waals surface area contributed by atoms with Crippen molar-refractivity contribution in [1.29, 1.82) is 0 Å². The van der Waals surface area contributed by atoms with E-state index in [0.717, 1.165) is 12.1 Å². The number of rotatable bonds is 6. The summed E-state index contributed by atoms with van der Waals surface area (Å²) in [4.78, 5) is 0. The molecule has 0 unspecified atom stereocenters. The van der Waals surface area contributed by atoms with E-state index in [1.165, 1.54) is 0 Å². The van der Waals surface area contributed by atoms with E-state index in [1.807, 2.05) is 0 Å². The Balaban J connectivity index is 1.93. The lowest BCUT2D eigenvalue weighted by atomic mass is 10.2. The van der Waals surface area contributed by atoms with Gasteiger partial charge in [0, 0.05) is 12.1 Å². The zero-order valence-electron chi connectivity index (χ0n) is 12.8. The zero-order valence-corrected chi connectivity index (χ0v) is 12.8. The van der Waals surface area contributed by atoms with Gasteiger partial charge in [-0.1, -0.05) is 0 Å². The molecule has 0 saturated heterocycles. The lowest BCUT2D eigenvalue weighted by molar-refractivity contribution is -0.276. The fourth-order valence-corrected chi connectivity index (χ4v) is 1.72. The average molecular weight is 402 g/mol. The van der Waals surface area contributed by atoms with Gasteiger partial charge in [0.2, 0.25) is 0 Å². The molecular formula is C14H7BF8O4. The Bertz CT molecular complexity index is 728. The number of hydrogen-bond acceptors (Lipinski definition) is 4. The molecule has 0 aromatic heterocycles. The molecule has 0 N–H and O–H groups in total. The molecule has 27 heavy (non-hydrogen) atoms. The SMILES string of the molecule is Fc1cc(OBOc2ccc(OC(F)(F)F)c(F)c2)ccc1OC(F)(F)F. The van der Waals surface area contributed by atoms with Gasteiger partial charge < -0.3 is 18.8 Å². The van der Waals surface area contributed by atoms with E-state index in [9.17, 15) is 35.1 Å². The van der Waals surface area contributed by atoms with E-state index < -0.39 is 43.5 Å². The van der Waals surface area contributed by atoms with Crippen LogP contribution in [0.2, 0.25) is 0 Å². The first-order valence-electron chi connectivity index (χ1n) is 6.79. The van der Waals surface area contributed by atoms with Crippen LogP contribution in [0.3, 0.4) is 0 Å². The summed E-state index contributed by atoms with van der Waals surface area (Å²) in [5.74, 6) is -5.33. The molecular weight excluding hydrogens is 395 g/mol. The Morgan fingerprint density at radius 3 is 1.30 bits per heavy atom. The van der Waals surface area contributed by atoms with Gasteiger partial charge in [0.25, 0.3) is 0 Å². The Labute approximate surface area is 146 Å². The summed E-state index contributed by atoms with van der Waals surface area (Å²) in [5.41, 5.74) is 0. The fraction of sp³-hybridized carbons (Fsp3) is 0.143. The normalized spacial score (nSPS) is 11.7. The number of hydrogen-bond donors (Lipinski definition) is 0. The molecule has 0 saturated carbocycles. The summed E-state index contributed by atoms with van der Waals surface area (Å²) in [5, 5.41) is 0. The van der Waals surface area contributed by atoms with Crippen LogP contribution in [-0.2, 0) is 0 Å². The van der Waals surface area contributed by atoms with Crippen molar-refractivity contribution < 1.29 is 53.9 Å². The first-order chi connectivity index (χ1) is 12.4. The van der Waals surface area contributed by atoms with Crippen molar-refractivity contribution in [2.75, 3.05) is 0 Å². The van der Waals surface area contributed by atoms with Crippen LogP contribution < -0.4 is 18.8 Å². The summed E-state index contributed by atoms with van der Waals surface area (Å²) < 4.78 is 116. The van der Waals surface area contributed by atoms with Crippen LogP contribution in [-0.4, -0.2) is 20.4 Å². The molecule has 0 atom stereocenters. The predicted octanol–water partition coefficient (Wildman–Crippen LogP) is 4.49. The summed E-state index contributed by atoms with van der Waals surface area (Å²) in [6.07, 6.45) is -10.1. The first-order valence-corrected chi connectivity index (χ1v) is 6.79. The monoisotopic (exact) mass is 402 g/mol. The van der Waals surface area contributed by atoms with Gasteiger partial charge in [-0.15, -0.1) is 26.3 Å². The minimum Gasteiger partial charge on any atom is -0.528 e. The molecule has 0 bridgehead atoms. The smallest absolute Gasteiger partial charge is 0.528 e. The molecule has 0 aliphatic rings. The highest BCUT2D eigenvalue weighted by Gasteiger charge is 2.33. The van der Waals surface area contributed by atoms with Gasteiger partial charge in [-0.3, -0.25) is 0 Å². The molecule has 13 heteroatoms. The third-order valence-corrected chi connectivity index (χ3v) is 2.71. The molecule has 0 fully saturated rings. The highest BCUT2D eigenvalue weighted by atomic mass is 19.4. The van der Waals surface area contributed by atoms with Crippen LogP contribution in [0.4, 0.5) is 35.1 Å². The fourth-order valence-electron chi connectivity index (χ4n) is 1.72. The number of ether oxygens (including phenoxy) is 2. The van der Waals surface area contributed by atoms with Gasteiger partial charge in [-0.2, -0.15) is 0 Å². The highest BCUT2D eigenvalue weighted by Crippen LogP contribution is 2.29. The van der Waals surface area contributed by atoms with Crippen LogP contribution in [0.1, 0.15) is 0 Å². The van der Waals surface area contributed by atoms with Gasteiger partial charge in [0.1, 0.15) is 11.5 Å². The number of halogens is 8. The second kappa shape index (κ2) is 7.80. The van der Waals surface area contributed by atoms with Gasteiger partial charge in [0.05, 0.1) is 0 Å². The number of benzene rings is 2. The van der Waals surface area contributed by atoms with Gasteiger partial charge in [-0.25, -0.2) is 8.78 Å². The maximum absolute atomic E-state index is 13.5. The summed E-state index contributed by atoms with van der Waals surface area (Å²) >= 11 is 0. The van der Waals surface area contributed by atoms with Crippen LogP contribution in [0.25, 0.3) is 0 Å². The molecule has 146 valence electrons. The van der Waals surface area contributed by atoms with E-state index in [0.29, 0.717) is 24.3 Å². The van der Waals surface area contributed by atoms with Crippen LogP contribution in [0.5, 0.6) is 23.0 Å². The molecule has 0 heterocycles. The summed E-state index contributed by atoms with van der Waals surface area (Å²) in [6, 6.07) is 4.42. The van der Waals surface area contributed by atoms with Crippen molar-refractivity contribution in [3.05, 3.63) is 48.0 Å². The molecule has 0 radical (unpaired) electrons. The molecule has 2 aromatic rings. The van der Waals surface area contributed by atoms with Crippen LogP contribution >= 0.6 is 0 Å². The van der Waals surface area contributed by atoms with E-state index in [2.05, 4.69) is 9.47 Å². The molecule has 0 aliphatic heterocycles. The quantitative estimate of drug-likeness (QED) is 0.528. The molecule has 4 nitrogen and oxygen atoms in total. The van der Waals surface area contributed by atoms with Crippen LogP contribution in [0, 0.1) is 11.6 Å². The molecule has 0 amide bonds. The third-order valence-electron chi connectivity index (χ3n) is 2.71. The molecule has 2 rings (SSSR count). The second-order valence-electron chi connectivity index (χ2n) is 4.69. The van der Waals surface area contributed by atoms with E-state index in [-0.39, 0.29) is 11.5 Å². The zero-order chi connectivity index (χ0) is 20.2. The van der Waals surface area contributed by atoms with Gasteiger partial charge in [0.15, 0.2) is 23.1 Å². The number of alkyl halides is 6. The molecule has 0 spiro atoms. The Morgan fingerprint density at radius 2 is 1.00 bits per heavy atom. The van der Waals surface area contributed by atoms with E-state index >= 15 is 0 Å². The van der Waals surface area contributed by atoms with Crippen molar-refractivity contribution in [1.82, 2.24) is 0 Å². The largest absolute Gasteiger partial charge is 0.576 e. The van der Waals surface area contributed by atoms with Crippen molar-refractivity contribution in [3.63, 3.8) is 0 Å². The Kier molecular flexibility index (Phi) is 5.91. The van der Waals surface area contributed by atoms with Gasteiger partial charge in [-0.05, 0) is 24.3 Å². The average Bonchev–Trinajstić information content (AvgIpc) is 2.50.